The highest BCUT2D eigenvalue weighted by Gasteiger charge is 2.31. The first-order valence-electron chi connectivity index (χ1n) is 7.19. The van der Waals surface area contributed by atoms with Crippen LogP contribution in [0, 0.1) is 25.7 Å². The van der Waals surface area contributed by atoms with Crippen LogP contribution in [0.3, 0.4) is 0 Å². The number of hydrogen-bond donors (Lipinski definition) is 2. The van der Waals surface area contributed by atoms with Gasteiger partial charge in [-0.3, -0.25) is 9.59 Å². The third-order valence-electron chi connectivity index (χ3n) is 4.14. The van der Waals surface area contributed by atoms with Gasteiger partial charge < -0.3 is 10.4 Å². The number of carbonyl (C=O) groups is 2. The summed E-state index contributed by atoms with van der Waals surface area (Å²) < 4.78 is 0.985. The van der Waals surface area contributed by atoms with E-state index in [2.05, 4.69) is 21.2 Å². The summed E-state index contributed by atoms with van der Waals surface area (Å²) in [5.74, 6) is -1.44. The van der Waals surface area contributed by atoms with E-state index in [0.717, 1.165) is 34.1 Å². The number of amides is 1. The molecule has 4 nitrogen and oxygen atoms in total. The minimum Gasteiger partial charge on any atom is -0.481 e. The second kappa shape index (κ2) is 6.60. The molecule has 1 aromatic rings. The second-order valence-corrected chi connectivity index (χ2v) is 6.72. The lowest BCUT2D eigenvalue weighted by molar-refractivity contribution is -0.143. The first-order valence-corrected chi connectivity index (χ1v) is 7.98. The van der Waals surface area contributed by atoms with Crippen molar-refractivity contribution in [2.45, 2.75) is 39.5 Å². The minimum absolute atomic E-state index is 0.0607. The van der Waals surface area contributed by atoms with Crippen molar-refractivity contribution in [3.05, 3.63) is 27.7 Å². The standard InChI is InChI=1S/C16H20BrNO3/c1-9-6-13(17)7-10(2)14(9)18-15(19)11-4-3-5-12(8-11)16(20)21/h6-7,11-12H,3-5,8H2,1-2H3,(H,18,19)(H,20,21). The van der Waals surface area contributed by atoms with Crippen LogP contribution in [0.4, 0.5) is 5.69 Å². The molecule has 0 heterocycles. The predicted molar refractivity (Wildman–Crippen MR) is 85.3 cm³/mol. The normalized spacial score (nSPS) is 21.9. The average Bonchev–Trinajstić information content (AvgIpc) is 2.42. The number of halogens is 1. The average molecular weight is 354 g/mol. The van der Waals surface area contributed by atoms with Gasteiger partial charge in [0.2, 0.25) is 5.91 Å². The van der Waals surface area contributed by atoms with Crippen LogP contribution in [0.15, 0.2) is 16.6 Å². The zero-order chi connectivity index (χ0) is 15.6. The molecular weight excluding hydrogens is 334 g/mol. The van der Waals surface area contributed by atoms with E-state index in [9.17, 15) is 9.59 Å². The number of carboxylic acids is 1. The fourth-order valence-electron chi connectivity index (χ4n) is 2.99. The monoisotopic (exact) mass is 353 g/mol. The maximum absolute atomic E-state index is 12.4. The van der Waals surface area contributed by atoms with E-state index in [4.69, 9.17) is 5.11 Å². The number of anilines is 1. The fraction of sp³-hybridized carbons (Fsp3) is 0.500. The van der Waals surface area contributed by atoms with Crippen LogP contribution >= 0.6 is 15.9 Å². The molecule has 1 aliphatic rings. The molecule has 114 valence electrons. The fourth-order valence-corrected chi connectivity index (χ4v) is 3.67. The molecule has 0 aromatic heterocycles. The van der Waals surface area contributed by atoms with Gasteiger partial charge in [0, 0.05) is 16.1 Å². The molecule has 1 amide bonds. The van der Waals surface area contributed by atoms with Crippen molar-refractivity contribution in [1.29, 1.82) is 0 Å². The molecule has 21 heavy (non-hydrogen) atoms. The summed E-state index contributed by atoms with van der Waals surface area (Å²) in [6, 6.07) is 3.92. The van der Waals surface area contributed by atoms with Gasteiger partial charge in [-0.15, -0.1) is 0 Å². The van der Waals surface area contributed by atoms with Gasteiger partial charge >= 0.3 is 5.97 Å². The highest BCUT2D eigenvalue weighted by molar-refractivity contribution is 9.10. The molecule has 2 unspecified atom stereocenters. The van der Waals surface area contributed by atoms with Gasteiger partial charge in [-0.1, -0.05) is 22.4 Å². The number of hydrogen-bond acceptors (Lipinski definition) is 2. The molecule has 2 rings (SSSR count). The summed E-state index contributed by atoms with van der Waals surface area (Å²) in [6.07, 6.45) is 2.68. The first-order chi connectivity index (χ1) is 9.88. The van der Waals surface area contributed by atoms with E-state index >= 15 is 0 Å². The topological polar surface area (TPSA) is 66.4 Å². The molecular formula is C16H20BrNO3. The van der Waals surface area contributed by atoms with E-state index in [1.54, 1.807) is 0 Å². The summed E-state index contributed by atoms with van der Waals surface area (Å²) in [5.41, 5.74) is 2.84. The number of benzene rings is 1. The van der Waals surface area contributed by atoms with Crippen LogP contribution in [0.25, 0.3) is 0 Å². The molecule has 0 spiro atoms. The number of nitrogens with one attached hydrogen (secondary N) is 1. The Morgan fingerprint density at radius 3 is 2.33 bits per heavy atom. The van der Waals surface area contributed by atoms with Crippen LogP contribution in [0.5, 0.6) is 0 Å². The van der Waals surface area contributed by atoms with Crippen molar-refractivity contribution in [2.75, 3.05) is 5.32 Å². The van der Waals surface area contributed by atoms with Gasteiger partial charge in [0.15, 0.2) is 0 Å². The Labute approximate surface area is 133 Å². The SMILES string of the molecule is Cc1cc(Br)cc(C)c1NC(=O)C1CCCC(C(=O)O)C1. The summed E-state index contributed by atoms with van der Waals surface area (Å²) in [7, 11) is 0. The van der Waals surface area contributed by atoms with E-state index in [-0.39, 0.29) is 17.7 Å². The number of aliphatic carboxylic acids is 1. The van der Waals surface area contributed by atoms with Crippen molar-refractivity contribution in [3.63, 3.8) is 0 Å². The summed E-state index contributed by atoms with van der Waals surface area (Å²) in [5, 5.41) is 12.1. The van der Waals surface area contributed by atoms with Gasteiger partial charge in [0.05, 0.1) is 5.92 Å². The highest BCUT2D eigenvalue weighted by Crippen LogP contribution is 2.31. The lowest BCUT2D eigenvalue weighted by Crippen LogP contribution is -2.31. The van der Waals surface area contributed by atoms with Gasteiger partial charge in [-0.2, -0.15) is 0 Å². The zero-order valence-electron chi connectivity index (χ0n) is 12.3. The number of aryl methyl sites for hydroxylation is 2. The van der Waals surface area contributed by atoms with Crippen molar-refractivity contribution < 1.29 is 14.7 Å². The minimum atomic E-state index is -0.788. The molecule has 1 aromatic carbocycles. The Hall–Kier alpha value is -1.36. The van der Waals surface area contributed by atoms with Crippen molar-refractivity contribution in [1.82, 2.24) is 0 Å². The molecule has 0 bridgehead atoms. The van der Waals surface area contributed by atoms with Crippen LogP contribution in [0.1, 0.15) is 36.8 Å². The highest BCUT2D eigenvalue weighted by atomic mass is 79.9. The molecule has 0 radical (unpaired) electrons. The van der Waals surface area contributed by atoms with Gasteiger partial charge in [-0.25, -0.2) is 0 Å². The Balaban J connectivity index is 2.10. The maximum atomic E-state index is 12.4. The van der Waals surface area contributed by atoms with Gasteiger partial charge in [-0.05, 0) is 56.4 Å². The molecule has 1 aliphatic carbocycles. The van der Waals surface area contributed by atoms with E-state index in [0.29, 0.717) is 12.8 Å². The lowest BCUT2D eigenvalue weighted by Gasteiger charge is -2.26. The van der Waals surface area contributed by atoms with Crippen LogP contribution in [-0.2, 0) is 9.59 Å². The van der Waals surface area contributed by atoms with Crippen LogP contribution in [-0.4, -0.2) is 17.0 Å². The lowest BCUT2D eigenvalue weighted by atomic mass is 9.81. The number of rotatable bonds is 3. The van der Waals surface area contributed by atoms with Crippen molar-refractivity contribution in [2.24, 2.45) is 11.8 Å². The molecule has 0 saturated heterocycles. The molecule has 1 fully saturated rings. The number of carboxylic acid groups (broad SMARTS) is 1. The summed E-state index contributed by atoms with van der Waals surface area (Å²) in [6.45, 7) is 3.91. The van der Waals surface area contributed by atoms with Gasteiger partial charge in [0.1, 0.15) is 0 Å². The van der Waals surface area contributed by atoms with Crippen LogP contribution in [0.2, 0.25) is 0 Å². The van der Waals surface area contributed by atoms with E-state index < -0.39 is 5.97 Å². The molecule has 1 saturated carbocycles. The Morgan fingerprint density at radius 1 is 1.19 bits per heavy atom. The summed E-state index contributed by atoms with van der Waals surface area (Å²) >= 11 is 3.44. The van der Waals surface area contributed by atoms with E-state index in [1.165, 1.54) is 0 Å². The van der Waals surface area contributed by atoms with Gasteiger partial charge in [0.25, 0.3) is 0 Å². The van der Waals surface area contributed by atoms with E-state index in [1.807, 2.05) is 26.0 Å². The van der Waals surface area contributed by atoms with Crippen molar-refractivity contribution in [3.8, 4) is 0 Å². The third kappa shape index (κ3) is 3.84. The van der Waals surface area contributed by atoms with Crippen LogP contribution < -0.4 is 5.32 Å². The largest absolute Gasteiger partial charge is 0.481 e. The molecule has 0 aliphatic heterocycles. The predicted octanol–water partition coefficient (Wildman–Crippen LogP) is 3.90. The Morgan fingerprint density at radius 2 is 1.76 bits per heavy atom. The second-order valence-electron chi connectivity index (χ2n) is 5.80. The maximum Gasteiger partial charge on any atom is 0.306 e. The molecule has 5 heteroatoms. The third-order valence-corrected chi connectivity index (χ3v) is 4.60. The van der Waals surface area contributed by atoms with Crippen molar-refractivity contribution >= 4 is 33.5 Å². The first kappa shape index (κ1) is 16.0. The number of carbonyl (C=O) groups excluding carboxylic acids is 1. The summed E-state index contributed by atoms with van der Waals surface area (Å²) in [4.78, 5) is 23.5. The zero-order valence-corrected chi connectivity index (χ0v) is 13.9. The molecule has 2 atom stereocenters. The Bertz CT molecular complexity index is 548. The molecule has 2 N–H and O–H groups in total. The quantitative estimate of drug-likeness (QED) is 0.865. The Kier molecular flexibility index (Phi) is 5.04. The smallest absolute Gasteiger partial charge is 0.306 e.